The molecule has 0 spiro atoms. The van der Waals surface area contributed by atoms with Crippen molar-refractivity contribution in [2.24, 2.45) is 0 Å². The van der Waals surface area contributed by atoms with Crippen LogP contribution in [0.15, 0.2) is 336 Å². The third kappa shape index (κ3) is 10.2. The van der Waals surface area contributed by atoms with Gasteiger partial charge in [-0.3, -0.25) is 0 Å². The molecule has 0 saturated heterocycles. The Morgan fingerprint density at radius 3 is 0.939 bits per heavy atom. The number of benzene rings is 16. The Labute approximate surface area is 560 Å². The molecule has 2 aromatic heterocycles. The Balaban J connectivity index is 0.666. The van der Waals surface area contributed by atoms with Crippen molar-refractivity contribution in [2.75, 3.05) is 19.6 Å². The normalized spacial score (nSPS) is 11.7. The van der Waals surface area contributed by atoms with Crippen molar-refractivity contribution < 1.29 is 26.4 Å². The summed E-state index contributed by atoms with van der Waals surface area (Å²) in [7, 11) is 0. The molecule has 0 unspecified atom stereocenters. The zero-order valence-electron chi connectivity index (χ0n) is 52.3. The molecule has 0 bridgehead atoms. The maximum atomic E-state index is 17.9. The van der Waals surface area contributed by atoms with Crippen molar-refractivity contribution in [1.29, 1.82) is 0 Å². The van der Waals surface area contributed by atoms with Gasteiger partial charge >= 0.3 is 0 Å². The number of hydrogen-bond donors (Lipinski definition) is 0. The zero-order chi connectivity index (χ0) is 65.5. The predicted octanol–water partition coefficient (Wildman–Crippen LogP) is 26.2. The molecule has 2 heterocycles. The summed E-state index contributed by atoms with van der Waals surface area (Å²) in [4.78, 5) is 7.91. The molecule has 0 saturated carbocycles. The van der Waals surface area contributed by atoms with Gasteiger partial charge in [0.05, 0.1) is 11.4 Å². The first-order valence-corrected chi connectivity index (χ1v) is 32.3. The summed E-state index contributed by atoms with van der Waals surface area (Å²) < 4.78 is 76.7. The largest absolute Gasteiger partial charge is 0.456 e. The minimum Gasteiger partial charge on any atom is -0.456 e. The molecule has 18 aromatic rings. The van der Waals surface area contributed by atoms with Crippen molar-refractivity contribution in [3.05, 3.63) is 351 Å². The number of furan rings is 2. The Morgan fingerprint density at radius 2 is 0.531 bits per heavy atom. The second kappa shape index (κ2) is 23.5. The van der Waals surface area contributed by atoms with Gasteiger partial charge in [-0.15, -0.1) is 0 Å². The van der Waals surface area contributed by atoms with Gasteiger partial charge in [-0.05, 0) is 249 Å². The lowest BCUT2D eigenvalue weighted by Gasteiger charge is -2.27. The van der Waals surface area contributed by atoms with E-state index >= 15 is 13.2 Å². The maximum Gasteiger partial charge on any atom is 0.155 e. The highest BCUT2D eigenvalue weighted by Gasteiger charge is 2.24. The van der Waals surface area contributed by atoms with Crippen LogP contribution in [0.25, 0.3) is 98.1 Å². The Hall–Kier alpha value is -12.9. The lowest BCUT2D eigenvalue weighted by molar-refractivity contribution is 0.627. The van der Waals surface area contributed by atoms with Gasteiger partial charge in [0.1, 0.15) is 39.8 Å². The average molecular weight is 1280 g/mol. The lowest BCUT2D eigenvalue weighted by Crippen LogP contribution is -2.12. The first kappa shape index (κ1) is 57.7. The van der Waals surface area contributed by atoms with Crippen LogP contribution in [0.2, 0.25) is 0 Å². The van der Waals surface area contributed by atoms with Gasteiger partial charge in [0.25, 0.3) is 0 Å². The summed E-state index contributed by atoms with van der Waals surface area (Å²) in [5.74, 6) is -1.43. The van der Waals surface area contributed by atoms with Gasteiger partial charge in [0.15, 0.2) is 5.82 Å². The van der Waals surface area contributed by atoms with Crippen LogP contribution in [0.5, 0.6) is 0 Å². The molecular formula is C88H54F4N4O2. The highest BCUT2D eigenvalue weighted by Crippen LogP contribution is 2.46. The second-order valence-electron chi connectivity index (χ2n) is 24.7. The Morgan fingerprint density at radius 1 is 0.214 bits per heavy atom. The molecule has 0 atom stereocenters. The SMILES string of the molecule is Fc1cccc(N(c2ccccc2)c2ccc3cc4c(cc3c2)oc2cc3cc(N(c5ccc(-c6cccc(N(c7ccccc7)c7ccc8cc9c(cc8c7)oc7cc8cc(N(c%10ccccc%10)c%10ccccc%10F)ccc8cc79)c6F)cc5)c5cccc(F)c5)ccc3cc24)c1. The van der Waals surface area contributed by atoms with Crippen LogP contribution in [0.4, 0.5) is 85.8 Å². The molecule has 0 amide bonds. The summed E-state index contributed by atoms with van der Waals surface area (Å²) in [5, 5.41) is 11.7. The van der Waals surface area contributed by atoms with E-state index in [2.05, 4.69) is 103 Å². The van der Waals surface area contributed by atoms with Gasteiger partial charge in [0.2, 0.25) is 0 Å². The number of para-hydroxylation sites is 4. The number of hydrogen-bond acceptors (Lipinski definition) is 6. The molecule has 18 rings (SSSR count). The molecule has 6 nitrogen and oxygen atoms in total. The first-order valence-electron chi connectivity index (χ1n) is 32.3. The van der Waals surface area contributed by atoms with Crippen molar-refractivity contribution in [1.82, 2.24) is 0 Å². The average Bonchev–Trinajstić information content (AvgIpc) is 1.56. The molecule has 98 heavy (non-hydrogen) atoms. The van der Waals surface area contributed by atoms with Gasteiger partial charge < -0.3 is 28.4 Å². The van der Waals surface area contributed by atoms with E-state index in [0.717, 1.165) is 121 Å². The van der Waals surface area contributed by atoms with Gasteiger partial charge in [0, 0.05) is 84.0 Å². The van der Waals surface area contributed by atoms with Crippen LogP contribution in [-0.4, -0.2) is 0 Å². The zero-order valence-corrected chi connectivity index (χ0v) is 52.3. The molecule has 0 aliphatic carbocycles. The molecule has 0 fully saturated rings. The van der Waals surface area contributed by atoms with Crippen molar-refractivity contribution in [3.63, 3.8) is 0 Å². The molecular weight excluding hydrogens is 1220 g/mol. The van der Waals surface area contributed by atoms with E-state index in [4.69, 9.17) is 8.83 Å². The smallest absolute Gasteiger partial charge is 0.155 e. The minimum absolute atomic E-state index is 0.316. The molecule has 0 aliphatic heterocycles. The monoisotopic (exact) mass is 1270 g/mol. The highest BCUT2D eigenvalue weighted by molar-refractivity contribution is 6.16. The Bertz CT molecular complexity index is 6160. The van der Waals surface area contributed by atoms with Crippen LogP contribution >= 0.6 is 0 Å². The lowest BCUT2D eigenvalue weighted by atomic mass is 10.0. The van der Waals surface area contributed by atoms with Crippen molar-refractivity contribution in [3.8, 4) is 11.1 Å². The number of nitrogens with zero attached hydrogens (tertiary/aromatic N) is 4. The number of rotatable bonds is 13. The highest BCUT2D eigenvalue weighted by atomic mass is 19.1. The molecule has 16 aromatic carbocycles. The fourth-order valence-electron chi connectivity index (χ4n) is 14.1. The van der Waals surface area contributed by atoms with Crippen molar-refractivity contribution >= 4 is 155 Å². The molecule has 10 heteroatoms. The summed E-state index contributed by atoms with van der Waals surface area (Å²) in [6.07, 6.45) is 0. The Kier molecular flexibility index (Phi) is 13.9. The van der Waals surface area contributed by atoms with Crippen LogP contribution in [0, 0.1) is 23.3 Å². The van der Waals surface area contributed by atoms with Crippen LogP contribution < -0.4 is 19.6 Å². The predicted molar refractivity (Wildman–Crippen MR) is 395 cm³/mol. The fourth-order valence-corrected chi connectivity index (χ4v) is 14.1. The number of fused-ring (bicyclic) bond motifs is 10. The fraction of sp³-hybridized carbons (Fsp3) is 0. The van der Waals surface area contributed by atoms with Gasteiger partial charge in [-0.2, -0.15) is 0 Å². The molecule has 466 valence electrons. The summed E-state index contributed by atoms with van der Waals surface area (Å²) >= 11 is 0. The van der Waals surface area contributed by atoms with E-state index in [9.17, 15) is 4.39 Å². The van der Waals surface area contributed by atoms with E-state index in [0.29, 0.717) is 45.0 Å². The number of anilines is 12. The third-order valence-electron chi connectivity index (χ3n) is 18.7. The van der Waals surface area contributed by atoms with E-state index in [1.807, 2.05) is 177 Å². The summed E-state index contributed by atoms with van der Waals surface area (Å²) in [5.41, 5.74) is 12.5. The van der Waals surface area contributed by atoms with Gasteiger partial charge in [-0.25, -0.2) is 17.6 Å². The van der Waals surface area contributed by atoms with Gasteiger partial charge in [-0.1, -0.05) is 127 Å². The molecule has 0 radical (unpaired) electrons. The minimum atomic E-state index is -0.408. The van der Waals surface area contributed by atoms with E-state index in [1.54, 1.807) is 36.4 Å². The van der Waals surface area contributed by atoms with E-state index in [-0.39, 0.29) is 17.5 Å². The molecule has 0 aliphatic rings. The summed E-state index contributed by atoms with van der Waals surface area (Å²) in [6.45, 7) is 0. The third-order valence-corrected chi connectivity index (χ3v) is 18.7. The summed E-state index contributed by atoms with van der Waals surface area (Å²) in [6, 6.07) is 104. The number of halogens is 4. The second-order valence-corrected chi connectivity index (χ2v) is 24.7. The first-order chi connectivity index (χ1) is 48.2. The quantitative estimate of drug-likeness (QED) is 0.107. The van der Waals surface area contributed by atoms with Crippen molar-refractivity contribution in [2.45, 2.75) is 0 Å². The topological polar surface area (TPSA) is 39.2 Å². The molecule has 0 N–H and O–H groups in total. The van der Waals surface area contributed by atoms with E-state index < -0.39 is 5.82 Å². The van der Waals surface area contributed by atoms with Crippen LogP contribution in [0.1, 0.15) is 0 Å². The standard InChI is InChI=1S/C88H54F4N4O2/c89-64-15-12-23-70(53-64)93(66-17-4-1-5-18-66)72-37-31-56-45-77-78-46-57-32-38-73(42-61(57)50-85(78)97-84(77)49-60(56)41-72)94(71-24-13-16-65(90)54-71)69-35-29-55(30-36-69)76-25-14-28-83(88(76)92)96(68-21-8-3-9-22-68)75-40-34-59-48-80-79-47-58-33-39-74(43-62(58)51-86(79)98-87(80)52-63(59)44-75)95(67-19-6-2-7-20-67)82-27-11-10-26-81(82)91/h1-54H. The van der Waals surface area contributed by atoms with Crippen LogP contribution in [-0.2, 0) is 0 Å². The van der Waals surface area contributed by atoms with E-state index in [1.165, 1.54) is 30.3 Å². The maximum absolute atomic E-state index is 17.9. The van der Waals surface area contributed by atoms with Crippen LogP contribution in [0.3, 0.4) is 0 Å².